The standard InChI is InChI=1S/C28H26ClFN8O/c29-23-4-1-17(9-24(23)30)27(39)38-19-2-3-20(38)11-21(10-19)36-14-28(15-36,6-7-31)37-13-18(12-35-37)25-22-5-8-32-26(22)34-16-33-25/h1,4-5,8-9,12-13,16,19-21H,2-3,6,10-11,14-15H2,(H,32,33,34). The highest BCUT2D eigenvalue weighted by Gasteiger charge is 2.52. The summed E-state index contributed by atoms with van der Waals surface area (Å²) in [6.45, 7) is 1.46. The molecule has 3 aliphatic rings. The van der Waals surface area contributed by atoms with Crippen molar-refractivity contribution in [3.8, 4) is 17.3 Å². The molecule has 7 rings (SSSR count). The van der Waals surface area contributed by atoms with Gasteiger partial charge in [0.2, 0.25) is 0 Å². The molecule has 0 spiro atoms. The molecule has 0 saturated carbocycles. The number of H-pyrrole nitrogens is 1. The van der Waals surface area contributed by atoms with E-state index in [1.165, 1.54) is 18.5 Å². The molecule has 1 amide bonds. The quantitative estimate of drug-likeness (QED) is 0.400. The molecule has 9 nitrogen and oxygen atoms in total. The first-order valence-corrected chi connectivity index (χ1v) is 13.6. The lowest BCUT2D eigenvalue weighted by Crippen LogP contribution is -2.67. The Labute approximate surface area is 229 Å². The van der Waals surface area contributed by atoms with Gasteiger partial charge in [0.25, 0.3) is 5.91 Å². The van der Waals surface area contributed by atoms with Crippen molar-refractivity contribution in [2.45, 2.75) is 55.8 Å². The SMILES string of the molecule is N#CCC1(n2cc(-c3ncnc4[nH]ccc34)cn2)CN(C2CC3CCC(C2)N3C(=O)c2ccc(Cl)c(F)c2)C1. The minimum Gasteiger partial charge on any atom is -0.346 e. The summed E-state index contributed by atoms with van der Waals surface area (Å²) in [5, 5.41) is 15.3. The van der Waals surface area contributed by atoms with Crippen LogP contribution in [0.4, 0.5) is 4.39 Å². The molecule has 39 heavy (non-hydrogen) atoms. The highest BCUT2D eigenvalue weighted by Crippen LogP contribution is 2.43. The predicted octanol–water partition coefficient (Wildman–Crippen LogP) is 4.37. The van der Waals surface area contributed by atoms with Gasteiger partial charge in [-0.05, 0) is 49.9 Å². The van der Waals surface area contributed by atoms with Crippen LogP contribution in [0.2, 0.25) is 5.02 Å². The maximum atomic E-state index is 14.0. The monoisotopic (exact) mass is 544 g/mol. The van der Waals surface area contributed by atoms with Crippen LogP contribution in [0.15, 0.2) is 49.2 Å². The van der Waals surface area contributed by atoms with Gasteiger partial charge in [-0.1, -0.05) is 11.6 Å². The van der Waals surface area contributed by atoms with Gasteiger partial charge in [0, 0.05) is 60.1 Å². The normalized spacial score (nSPS) is 24.0. The fraction of sp³-hybridized carbons (Fsp3) is 0.393. The van der Waals surface area contributed by atoms with Gasteiger partial charge >= 0.3 is 0 Å². The molecule has 3 saturated heterocycles. The molecular weight excluding hydrogens is 519 g/mol. The van der Waals surface area contributed by atoms with Crippen LogP contribution in [-0.2, 0) is 5.54 Å². The number of hydrogen-bond acceptors (Lipinski definition) is 6. The Balaban J connectivity index is 1.07. The number of nitrogens with zero attached hydrogens (tertiary/aromatic N) is 7. The summed E-state index contributed by atoms with van der Waals surface area (Å²) >= 11 is 5.82. The predicted molar refractivity (Wildman–Crippen MR) is 142 cm³/mol. The average molecular weight is 545 g/mol. The summed E-state index contributed by atoms with van der Waals surface area (Å²) in [5.41, 5.74) is 2.42. The number of likely N-dealkylation sites (tertiary alicyclic amines) is 1. The number of piperidine rings is 1. The second kappa shape index (κ2) is 9.14. The molecule has 3 aliphatic heterocycles. The minimum atomic E-state index is -0.571. The molecule has 11 heteroatoms. The van der Waals surface area contributed by atoms with Crippen LogP contribution >= 0.6 is 11.6 Å². The Bertz CT molecular complexity index is 1610. The van der Waals surface area contributed by atoms with Crippen LogP contribution < -0.4 is 0 Å². The number of halogens is 2. The van der Waals surface area contributed by atoms with E-state index in [9.17, 15) is 14.4 Å². The zero-order valence-electron chi connectivity index (χ0n) is 21.1. The van der Waals surface area contributed by atoms with Crippen molar-refractivity contribution in [3.05, 3.63) is 65.6 Å². The maximum Gasteiger partial charge on any atom is 0.254 e. The number of hydrogen-bond donors (Lipinski definition) is 1. The van der Waals surface area contributed by atoms with Gasteiger partial charge in [-0.15, -0.1) is 0 Å². The summed E-state index contributed by atoms with van der Waals surface area (Å²) < 4.78 is 16.0. The molecule has 3 aromatic heterocycles. The smallest absolute Gasteiger partial charge is 0.254 e. The Morgan fingerprint density at radius 1 is 1.18 bits per heavy atom. The molecule has 6 heterocycles. The third-order valence-corrected chi connectivity index (χ3v) is 9.03. The topological polar surface area (TPSA) is 107 Å². The van der Waals surface area contributed by atoms with Crippen LogP contribution in [-0.4, -0.2) is 71.7 Å². The Hall–Kier alpha value is -3.81. The summed E-state index contributed by atoms with van der Waals surface area (Å²) in [7, 11) is 0. The highest BCUT2D eigenvalue weighted by molar-refractivity contribution is 6.30. The maximum absolute atomic E-state index is 14.0. The third kappa shape index (κ3) is 3.91. The molecule has 0 radical (unpaired) electrons. The molecule has 198 valence electrons. The van der Waals surface area contributed by atoms with Crippen LogP contribution in [0.3, 0.4) is 0 Å². The Morgan fingerprint density at radius 3 is 2.72 bits per heavy atom. The van der Waals surface area contributed by atoms with Gasteiger partial charge in [-0.25, -0.2) is 14.4 Å². The fourth-order valence-corrected chi connectivity index (χ4v) is 6.93. The van der Waals surface area contributed by atoms with E-state index in [0.717, 1.165) is 61.1 Å². The summed E-state index contributed by atoms with van der Waals surface area (Å²) in [6.07, 6.45) is 11.2. The summed E-state index contributed by atoms with van der Waals surface area (Å²) in [5.74, 6) is -0.692. The van der Waals surface area contributed by atoms with E-state index < -0.39 is 11.4 Å². The fourth-order valence-electron chi connectivity index (χ4n) is 6.82. The van der Waals surface area contributed by atoms with Crippen molar-refractivity contribution in [3.63, 3.8) is 0 Å². The number of amides is 1. The largest absolute Gasteiger partial charge is 0.346 e. The zero-order valence-corrected chi connectivity index (χ0v) is 21.9. The van der Waals surface area contributed by atoms with Crippen LogP contribution in [0.25, 0.3) is 22.3 Å². The Kier molecular flexibility index (Phi) is 5.68. The molecule has 1 N–H and O–H groups in total. The lowest BCUT2D eigenvalue weighted by atomic mass is 9.82. The number of carbonyl (C=O) groups is 1. The van der Waals surface area contributed by atoms with Crippen LogP contribution in [0.1, 0.15) is 42.5 Å². The molecular formula is C28H26ClFN8O. The van der Waals surface area contributed by atoms with Crippen molar-refractivity contribution < 1.29 is 9.18 Å². The summed E-state index contributed by atoms with van der Waals surface area (Å²) in [4.78, 5) is 29.5. The number of nitrogens with one attached hydrogen (secondary N) is 1. The van der Waals surface area contributed by atoms with Gasteiger partial charge < -0.3 is 9.88 Å². The molecule has 1 aromatic carbocycles. The number of aromatic amines is 1. The highest BCUT2D eigenvalue weighted by atomic mass is 35.5. The van der Waals surface area contributed by atoms with E-state index >= 15 is 0 Å². The van der Waals surface area contributed by atoms with E-state index in [-0.39, 0.29) is 23.0 Å². The van der Waals surface area contributed by atoms with Crippen molar-refractivity contribution in [1.82, 2.24) is 34.5 Å². The third-order valence-electron chi connectivity index (χ3n) is 8.72. The molecule has 2 atom stereocenters. The minimum absolute atomic E-state index is 0.0194. The number of benzene rings is 1. The molecule has 3 fully saturated rings. The van der Waals surface area contributed by atoms with Crippen LogP contribution in [0.5, 0.6) is 0 Å². The number of rotatable bonds is 5. The average Bonchev–Trinajstić information content (AvgIpc) is 3.65. The van der Waals surface area contributed by atoms with Crippen molar-refractivity contribution in [2.75, 3.05) is 13.1 Å². The number of fused-ring (bicyclic) bond motifs is 3. The zero-order chi connectivity index (χ0) is 26.7. The van der Waals surface area contributed by atoms with Gasteiger partial charge in [0.05, 0.1) is 29.4 Å². The van der Waals surface area contributed by atoms with E-state index in [2.05, 4.69) is 31.0 Å². The number of aromatic nitrogens is 5. The van der Waals surface area contributed by atoms with Crippen molar-refractivity contribution in [1.29, 1.82) is 5.26 Å². The van der Waals surface area contributed by atoms with Gasteiger partial charge in [-0.3, -0.25) is 14.4 Å². The van der Waals surface area contributed by atoms with E-state index in [1.807, 2.05) is 28.0 Å². The van der Waals surface area contributed by atoms with Crippen LogP contribution in [0, 0.1) is 17.1 Å². The number of nitriles is 1. The van der Waals surface area contributed by atoms with Gasteiger partial charge in [0.1, 0.15) is 23.3 Å². The van der Waals surface area contributed by atoms with Crippen molar-refractivity contribution >= 4 is 28.5 Å². The number of carbonyl (C=O) groups excluding carboxylic acids is 1. The molecule has 2 bridgehead atoms. The summed E-state index contributed by atoms with van der Waals surface area (Å²) in [6, 6.07) is 9.20. The molecule has 4 aromatic rings. The Morgan fingerprint density at radius 2 is 1.97 bits per heavy atom. The lowest BCUT2D eigenvalue weighted by molar-refractivity contribution is -0.0511. The molecule has 0 aliphatic carbocycles. The van der Waals surface area contributed by atoms with Gasteiger partial charge in [-0.2, -0.15) is 10.4 Å². The van der Waals surface area contributed by atoms with E-state index in [1.54, 1.807) is 12.3 Å². The second-order valence-electron chi connectivity index (χ2n) is 11.0. The van der Waals surface area contributed by atoms with Gasteiger partial charge in [0.15, 0.2) is 0 Å². The lowest BCUT2D eigenvalue weighted by Gasteiger charge is -2.54. The van der Waals surface area contributed by atoms with E-state index in [0.29, 0.717) is 18.0 Å². The first-order valence-electron chi connectivity index (χ1n) is 13.2. The second-order valence-corrected chi connectivity index (χ2v) is 11.4. The van der Waals surface area contributed by atoms with E-state index in [4.69, 9.17) is 11.6 Å². The molecule has 2 unspecified atom stereocenters. The first-order chi connectivity index (χ1) is 19.0. The van der Waals surface area contributed by atoms with Crippen molar-refractivity contribution in [2.24, 2.45) is 0 Å². The first kappa shape index (κ1) is 24.2.